The summed E-state index contributed by atoms with van der Waals surface area (Å²) in [5, 5.41) is 6.50. The van der Waals surface area contributed by atoms with Crippen LogP contribution in [0.25, 0.3) is 5.69 Å². The largest absolute Gasteiger partial charge is 0.355 e. The first-order chi connectivity index (χ1) is 13.9. The molecule has 0 bridgehead atoms. The normalized spacial score (nSPS) is 15.9. The number of nitrogens with zero attached hydrogens (tertiary/aromatic N) is 4. The van der Waals surface area contributed by atoms with Gasteiger partial charge in [-0.3, -0.25) is 9.79 Å². The van der Waals surface area contributed by atoms with Crippen molar-refractivity contribution in [2.45, 2.75) is 32.2 Å². The van der Waals surface area contributed by atoms with Crippen LogP contribution in [0.4, 0.5) is 4.39 Å². The molecule has 1 fully saturated rings. The Morgan fingerprint density at radius 3 is 2.66 bits per heavy atom. The molecule has 0 radical (unpaired) electrons. The molecule has 1 heterocycles. The third kappa shape index (κ3) is 4.75. The van der Waals surface area contributed by atoms with Crippen LogP contribution < -0.4 is 10.6 Å². The molecular weight excluding hydrogens is 371 g/mol. The third-order valence-corrected chi connectivity index (χ3v) is 5.49. The quantitative estimate of drug-likeness (QED) is 0.577. The van der Waals surface area contributed by atoms with Crippen molar-refractivity contribution in [3.8, 4) is 5.69 Å². The van der Waals surface area contributed by atoms with Crippen LogP contribution in [-0.2, 0) is 11.3 Å². The lowest BCUT2D eigenvalue weighted by molar-refractivity contribution is -0.138. The van der Waals surface area contributed by atoms with E-state index in [2.05, 4.69) is 20.6 Å². The number of hydrogen-bond donors (Lipinski definition) is 2. The highest BCUT2D eigenvalue weighted by molar-refractivity contribution is 5.85. The molecule has 1 aliphatic rings. The van der Waals surface area contributed by atoms with E-state index in [1.54, 1.807) is 55.4 Å². The second-order valence-electron chi connectivity index (χ2n) is 7.72. The van der Waals surface area contributed by atoms with Crippen LogP contribution in [0.5, 0.6) is 0 Å². The summed E-state index contributed by atoms with van der Waals surface area (Å²) >= 11 is 0. The van der Waals surface area contributed by atoms with Gasteiger partial charge in [0.05, 0.1) is 17.4 Å². The van der Waals surface area contributed by atoms with E-state index < -0.39 is 0 Å². The van der Waals surface area contributed by atoms with Crippen LogP contribution in [0.1, 0.15) is 31.2 Å². The maximum Gasteiger partial charge on any atom is 0.230 e. The number of rotatable bonds is 6. The van der Waals surface area contributed by atoms with Gasteiger partial charge in [0.25, 0.3) is 0 Å². The van der Waals surface area contributed by atoms with Crippen LogP contribution in [0, 0.1) is 11.2 Å². The van der Waals surface area contributed by atoms with E-state index in [9.17, 15) is 9.18 Å². The number of hydrogen-bond acceptors (Lipinski definition) is 3. The minimum absolute atomic E-state index is 0.162. The second kappa shape index (κ2) is 9.07. The molecule has 1 aromatic heterocycles. The number of aliphatic imine (C=N–C) groups is 1. The fourth-order valence-corrected chi connectivity index (χ4v) is 3.92. The zero-order chi connectivity index (χ0) is 20.9. The molecule has 0 unspecified atom stereocenters. The van der Waals surface area contributed by atoms with Gasteiger partial charge in [0.2, 0.25) is 5.91 Å². The number of aromatic nitrogens is 2. The van der Waals surface area contributed by atoms with Gasteiger partial charge in [-0.2, -0.15) is 0 Å². The average Bonchev–Trinajstić information content (AvgIpc) is 3.40. The summed E-state index contributed by atoms with van der Waals surface area (Å²) in [5.74, 6) is 0.448. The summed E-state index contributed by atoms with van der Waals surface area (Å²) < 4.78 is 16.1. The molecular formula is C21H29FN6O. The number of carbonyl (C=O) groups is 1. The minimum Gasteiger partial charge on any atom is -0.355 e. The number of nitrogens with one attached hydrogen (secondary N) is 2. The van der Waals surface area contributed by atoms with Crippen molar-refractivity contribution >= 4 is 11.9 Å². The van der Waals surface area contributed by atoms with Gasteiger partial charge >= 0.3 is 0 Å². The molecule has 8 heteroatoms. The smallest absolute Gasteiger partial charge is 0.230 e. The average molecular weight is 401 g/mol. The fraction of sp³-hybridized carbons (Fsp3) is 0.476. The summed E-state index contributed by atoms with van der Waals surface area (Å²) in [6.45, 7) is 0.965. The highest BCUT2D eigenvalue weighted by atomic mass is 19.1. The van der Waals surface area contributed by atoms with E-state index in [0.29, 0.717) is 24.7 Å². The lowest BCUT2D eigenvalue weighted by Crippen LogP contribution is -2.49. The predicted molar refractivity (Wildman–Crippen MR) is 111 cm³/mol. The van der Waals surface area contributed by atoms with Gasteiger partial charge in [-0.05, 0) is 30.5 Å². The number of carbonyl (C=O) groups excluding carboxylic acids is 1. The zero-order valence-corrected chi connectivity index (χ0v) is 17.3. The van der Waals surface area contributed by atoms with Crippen molar-refractivity contribution in [2.24, 2.45) is 10.4 Å². The summed E-state index contributed by atoms with van der Waals surface area (Å²) in [4.78, 5) is 22.6. The first-order valence-electron chi connectivity index (χ1n) is 9.88. The Morgan fingerprint density at radius 2 is 2.07 bits per heavy atom. The second-order valence-corrected chi connectivity index (χ2v) is 7.72. The van der Waals surface area contributed by atoms with Gasteiger partial charge < -0.3 is 20.1 Å². The summed E-state index contributed by atoms with van der Waals surface area (Å²) in [6, 6.07) is 5.10. The Morgan fingerprint density at radius 1 is 1.31 bits per heavy atom. The maximum atomic E-state index is 14.4. The van der Waals surface area contributed by atoms with E-state index in [0.717, 1.165) is 31.2 Å². The Labute approximate surface area is 171 Å². The van der Waals surface area contributed by atoms with Crippen molar-refractivity contribution < 1.29 is 9.18 Å². The van der Waals surface area contributed by atoms with E-state index >= 15 is 0 Å². The van der Waals surface area contributed by atoms with Gasteiger partial charge in [-0.25, -0.2) is 9.37 Å². The third-order valence-electron chi connectivity index (χ3n) is 5.49. The molecule has 0 saturated heterocycles. The predicted octanol–water partition coefficient (Wildman–Crippen LogP) is 2.33. The van der Waals surface area contributed by atoms with Gasteiger partial charge in [0.15, 0.2) is 5.96 Å². The summed E-state index contributed by atoms with van der Waals surface area (Å²) in [6.07, 6.45) is 8.78. The Hall–Kier alpha value is -2.90. The zero-order valence-electron chi connectivity index (χ0n) is 17.3. The molecule has 2 aromatic rings. The number of benzene rings is 1. The fourth-order valence-electron chi connectivity index (χ4n) is 3.92. The first kappa shape index (κ1) is 20.8. The Bertz CT molecular complexity index is 856. The van der Waals surface area contributed by atoms with Gasteiger partial charge in [-0.1, -0.05) is 18.9 Å². The monoisotopic (exact) mass is 400 g/mol. The molecule has 0 spiro atoms. The van der Waals surface area contributed by atoms with Crippen LogP contribution >= 0.6 is 0 Å². The first-order valence-corrected chi connectivity index (χ1v) is 9.88. The van der Waals surface area contributed by atoms with Crippen molar-refractivity contribution in [2.75, 3.05) is 27.7 Å². The van der Waals surface area contributed by atoms with Crippen molar-refractivity contribution in [1.29, 1.82) is 0 Å². The molecule has 29 heavy (non-hydrogen) atoms. The van der Waals surface area contributed by atoms with Crippen LogP contribution in [0.15, 0.2) is 41.9 Å². The van der Waals surface area contributed by atoms with Crippen LogP contribution in [0.2, 0.25) is 0 Å². The van der Waals surface area contributed by atoms with Crippen molar-refractivity contribution in [3.05, 3.63) is 48.3 Å². The van der Waals surface area contributed by atoms with E-state index in [1.807, 2.05) is 6.07 Å². The highest BCUT2D eigenvalue weighted by Gasteiger charge is 2.42. The molecule has 0 atom stereocenters. The number of guanidine groups is 1. The summed E-state index contributed by atoms with van der Waals surface area (Å²) in [7, 11) is 5.29. The molecule has 1 amide bonds. The number of halogens is 1. The lowest BCUT2D eigenvalue weighted by atomic mass is 9.84. The number of amides is 1. The van der Waals surface area contributed by atoms with E-state index in [4.69, 9.17) is 0 Å². The van der Waals surface area contributed by atoms with E-state index in [-0.39, 0.29) is 17.1 Å². The molecule has 1 aromatic carbocycles. The lowest BCUT2D eigenvalue weighted by Gasteiger charge is -2.31. The molecule has 1 aliphatic carbocycles. The molecule has 1 saturated carbocycles. The molecule has 0 aliphatic heterocycles. The van der Waals surface area contributed by atoms with E-state index in [1.165, 1.54) is 6.07 Å². The molecule has 2 N–H and O–H groups in total. The van der Waals surface area contributed by atoms with Crippen molar-refractivity contribution in [1.82, 2.24) is 25.1 Å². The van der Waals surface area contributed by atoms with Gasteiger partial charge in [0.1, 0.15) is 5.82 Å². The highest BCUT2D eigenvalue weighted by Crippen LogP contribution is 2.38. The van der Waals surface area contributed by atoms with Crippen molar-refractivity contribution in [3.63, 3.8) is 0 Å². The molecule has 3 rings (SSSR count). The van der Waals surface area contributed by atoms with Crippen LogP contribution in [0.3, 0.4) is 0 Å². The number of imidazole rings is 1. The Kier molecular flexibility index (Phi) is 6.51. The SMILES string of the molecule is CN=C(NCc1ccc(-n2ccnc2)c(F)c1)NCC1(C(=O)N(C)C)CCCC1. The van der Waals surface area contributed by atoms with Crippen LogP contribution in [-0.4, -0.2) is 54.0 Å². The topological polar surface area (TPSA) is 74.5 Å². The molecule has 156 valence electrons. The minimum atomic E-state index is -0.375. The Balaban J connectivity index is 1.59. The van der Waals surface area contributed by atoms with Gasteiger partial charge in [0, 0.05) is 46.6 Å². The summed E-state index contributed by atoms with van der Waals surface area (Å²) in [5.41, 5.74) is 0.882. The maximum absolute atomic E-state index is 14.4. The molecule has 7 nitrogen and oxygen atoms in total. The standard InChI is InChI=1S/C21H29FN6O/c1-23-20(26-14-21(8-4-5-9-21)19(29)27(2)3)25-13-16-6-7-18(17(22)12-16)28-11-10-24-15-28/h6-7,10-12,15H,4-5,8-9,13-14H2,1-3H3,(H2,23,25,26). The van der Waals surface area contributed by atoms with Gasteiger partial charge in [-0.15, -0.1) is 0 Å².